The van der Waals surface area contributed by atoms with Crippen molar-refractivity contribution in [3.05, 3.63) is 23.2 Å². The summed E-state index contributed by atoms with van der Waals surface area (Å²) in [5.74, 6) is 0.913. The largest absolute Gasteiger partial charge is 0.422 e. The molecule has 0 atom stereocenters. The Kier molecular flexibility index (Phi) is 3.12. The van der Waals surface area contributed by atoms with Gasteiger partial charge in [-0.05, 0) is 24.5 Å². The lowest BCUT2D eigenvalue weighted by Crippen LogP contribution is -2.05. The number of nitrogens with zero attached hydrogens (tertiary/aromatic N) is 4. The monoisotopic (exact) mass is 292 g/mol. The summed E-state index contributed by atoms with van der Waals surface area (Å²) < 4.78 is 5.60. The molecule has 5 nitrogen and oxygen atoms in total. The lowest BCUT2D eigenvalue weighted by Gasteiger charge is -2.06. The number of aliphatic imine (C=N–C) groups is 1. The molecular formula is C12H9ClN4OS. The highest BCUT2D eigenvalue weighted by atomic mass is 35.5. The second-order valence-electron chi connectivity index (χ2n) is 3.85. The van der Waals surface area contributed by atoms with Gasteiger partial charge in [0.05, 0.1) is 5.69 Å². The number of hydrogen-bond acceptors (Lipinski definition) is 6. The van der Waals surface area contributed by atoms with Crippen LogP contribution in [0.4, 0.5) is 5.69 Å². The van der Waals surface area contributed by atoms with E-state index in [2.05, 4.69) is 20.2 Å². The second kappa shape index (κ2) is 4.79. The predicted octanol–water partition coefficient (Wildman–Crippen LogP) is 3.36. The van der Waals surface area contributed by atoms with Crippen LogP contribution >= 0.6 is 23.4 Å². The molecule has 1 aromatic heterocycles. The van der Waals surface area contributed by atoms with Crippen molar-refractivity contribution in [3.8, 4) is 17.1 Å². The van der Waals surface area contributed by atoms with Gasteiger partial charge in [0.1, 0.15) is 0 Å². The molecule has 19 heavy (non-hydrogen) atoms. The zero-order valence-electron chi connectivity index (χ0n) is 10.2. The summed E-state index contributed by atoms with van der Waals surface area (Å²) in [6.07, 6.45) is 1.88. The van der Waals surface area contributed by atoms with Crippen LogP contribution in [0.15, 0.2) is 28.3 Å². The lowest BCUT2D eigenvalue weighted by atomic mass is 10.1. The third kappa shape index (κ3) is 2.29. The van der Waals surface area contributed by atoms with Gasteiger partial charge in [-0.1, -0.05) is 23.4 Å². The Morgan fingerprint density at radius 2 is 2.11 bits per heavy atom. The van der Waals surface area contributed by atoms with Crippen molar-refractivity contribution in [1.29, 1.82) is 0 Å². The van der Waals surface area contributed by atoms with Gasteiger partial charge in [0.25, 0.3) is 5.88 Å². The van der Waals surface area contributed by atoms with Crippen molar-refractivity contribution in [3.63, 3.8) is 0 Å². The molecule has 1 aromatic carbocycles. The summed E-state index contributed by atoms with van der Waals surface area (Å²) in [6.45, 7) is 1.77. The average Bonchev–Trinajstić information content (AvgIpc) is 2.53. The highest BCUT2D eigenvalue weighted by Crippen LogP contribution is 2.38. The standard InChI is InChI=1S/C12H9ClN4OS/c1-6-14-9-4-3-7(13)5-8(9)10-11(18-6)15-12(19-2)17-16-10/h3-5H,1-2H3. The van der Waals surface area contributed by atoms with Crippen LogP contribution < -0.4 is 4.74 Å². The zero-order valence-corrected chi connectivity index (χ0v) is 11.8. The molecule has 3 rings (SSSR count). The number of rotatable bonds is 1. The summed E-state index contributed by atoms with van der Waals surface area (Å²) in [6, 6.07) is 5.39. The van der Waals surface area contributed by atoms with Crippen LogP contribution in [-0.2, 0) is 0 Å². The number of thioether (sulfide) groups is 1. The molecule has 0 saturated heterocycles. The van der Waals surface area contributed by atoms with Gasteiger partial charge in [-0.15, -0.1) is 10.2 Å². The number of aromatic nitrogens is 3. The molecular weight excluding hydrogens is 284 g/mol. The van der Waals surface area contributed by atoms with E-state index < -0.39 is 0 Å². The first kappa shape index (κ1) is 12.4. The molecule has 0 radical (unpaired) electrons. The van der Waals surface area contributed by atoms with Gasteiger partial charge >= 0.3 is 0 Å². The third-order valence-electron chi connectivity index (χ3n) is 2.55. The van der Waals surface area contributed by atoms with Gasteiger partial charge in [-0.2, -0.15) is 4.98 Å². The number of hydrogen-bond donors (Lipinski definition) is 0. The van der Waals surface area contributed by atoms with Crippen molar-refractivity contribution in [2.45, 2.75) is 12.1 Å². The van der Waals surface area contributed by atoms with E-state index in [1.54, 1.807) is 19.1 Å². The van der Waals surface area contributed by atoms with Crippen LogP contribution in [0.2, 0.25) is 5.02 Å². The highest BCUT2D eigenvalue weighted by Gasteiger charge is 2.20. The fourth-order valence-corrected chi connectivity index (χ4v) is 2.22. The molecule has 0 bridgehead atoms. The lowest BCUT2D eigenvalue weighted by molar-refractivity contribution is 0.511. The highest BCUT2D eigenvalue weighted by molar-refractivity contribution is 7.98. The van der Waals surface area contributed by atoms with Crippen LogP contribution in [0.1, 0.15) is 6.92 Å². The maximum Gasteiger partial charge on any atom is 0.251 e. The van der Waals surface area contributed by atoms with Crippen molar-refractivity contribution in [2.75, 3.05) is 6.26 Å². The summed E-state index contributed by atoms with van der Waals surface area (Å²) in [5.41, 5.74) is 2.07. The van der Waals surface area contributed by atoms with Crippen LogP contribution in [-0.4, -0.2) is 27.3 Å². The molecule has 96 valence electrons. The van der Waals surface area contributed by atoms with E-state index in [0.717, 1.165) is 11.3 Å². The maximum absolute atomic E-state index is 6.03. The fourth-order valence-electron chi connectivity index (χ4n) is 1.75. The molecule has 2 aromatic rings. The van der Waals surface area contributed by atoms with E-state index in [1.807, 2.05) is 12.3 Å². The molecule has 0 aliphatic carbocycles. The molecule has 2 heterocycles. The molecule has 0 unspecified atom stereocenters. The SMILES string of the molecule is CSc1nnc2c(n1)OC(C)=Nc1ccc(Cl)cc1-2. The Morgan fingerprint density at radius 1 is 1.26 bits per heavy atom. The minimum Gasteiger partial charge on any atom is -0.422 e. The van der Waals surface area contributed by atoms with E-state index in [1.165, 1.54) is 11.8 Å². The van der Waals surface area contributed by atoms with Crippen molar-refractivity contribution in [1.82, 2.24) is 15.2 Å². The summed E-state index contributed by atoms with van der Waals surface area (Å²) in [5, 5.41) is 9.37. The van der Waals surface area contributed by atoms with E-state index in [9.17, 15) is 0 Å². The van der Waals surface area contributed by atoms with Gasteiger partial charge in [0, 0.05) is 17.5 Å². The smallest absolute Gasteiger partial charge is 0.251 e. The Morgan fingerprint density at radius 3 is 2.89 bits per heavy atom. The fraction of sp³-hybridized carbons (Fsp3) is 0.167. The van der Waals surface area contributed by atoms with E-state index in [4.69, 9.17) is 16.3 Å². The molecule has 0 fully saturated rings. The van der Waals surface area contributed by atoms with Gasteiger partial charge in [-0.3, -0.25) is 0 Å². The first-order chi connectivity index (χ1) is 9.17. The Bertz CT molecular complexity index is 689. The number of fused-ring (bicyclic) bond motifs is 3. The molecule has 1 aliphatic heterocycles. The van der Waals surface area contributed by atoms with Gasteiger partial charge < -0.3 is 4.74 Å². The minimum absolute atomic E-state index is 0.404. The van der Waals surface area contributed by atoms with Crippen molar-refractivity contribution < 1.29 is 4.74 Å². The number of ether oxygens (including phenoxy) is 1. The quantitative estimate of drug-likeness (QED) is 0.754. The summed E-state index contributed by atoms with van der Waals surface area (Å²) in [7, 11) is 0. The van der Waals surface area contributed by atoms with Crippen LogP contribution in [0.3, 0.4) is 0 Å². The van der Waals surface area contributed by atoms with Gasteiger partial charge in [0.2, 0.25) is 5.16 Å². The molecule has 0 amide bonds. The van der Waals surface area contributed by atoms with E-state index in [0.29, 0.717) is 27.7 Å². The van der Waals surface area contributed by atoms with Crippen LogP contribution in [0.5, 0.6) is 5.88 Å². The first-order valence-corrected chi connectivity index (χ1v) is 7.09. The van der Waals surface area contributed by atoms with E-state index in [-0.39, 0.29) is 0 Å². The average molecular weight is 293 g/mol. The Balaban J connectivity index is 2.28. The Hall–Kier alpha value is -1.66. The Labute approximate surface area is 119 Å². The molecule has 0 N–H and O–H groups in total. The van der Waals surface area contributed by atoms with Crippen LogP contribution in [0.25, 0.3) is 11.3 Å². The minimum atomic E-state index is 0.404. The number of benzene rings is 1. The maximum atomic E-state index is 6.03. The predicted molar refractivity (Wildman–Crippen MR) is 75.5 cm³/mol. The van der Waals surface area contributed by atoms with Crippen LogP contribution in [0, 0.1) is 0 Å². The molecule has 1 aliphatic rings. The summed E-state index contributed by atoms with van der Waals surface area (Å²) >= 11 is 7.43. The topological polar surface area (TPSA) is 60.3 Å². The molecule has 0 saturated carbocycles. The normalized spacial score (nSPS) is 12.9. The van der Waals surface area contributed by atoms with Gasteiger partial charge in [-0.25, -0.2) is 4.99 Å². The molecule has 7 heteroatoms. The number of halogens is 1. The first-order valence-electron chi connectivity index (χ1n) is 5.49. The zero-order chi connectivity index (χ0) is 13.4. The van der Waals surface area contributed by atoms with Crippen molar-refractivity contribution >= 4 is 34.9 Å². The van der Waals surface area contributed by atoms with Gasteiger partial charge in [0.15, 0.2) is 11.6 Å². The van der Waals surface area contributed by atoms with Crippen molar-refractivity contribution in [2.24, 2.45) is 4.99 Å². The second-order valence-corrected chi connectivity index (χ2v) is 5.06. The summed E-state index contributed by atoms with van der Waals surface area (Å²) in [4.78, 5) is 8.69. The van der Waals surface area contributed by atoms with E-state index >= 15 is 0 Å². The third-order valence-corrected chi connectivity index (χ3v) is 3.33. The molecule has 0 spiro atoms.